The van der Waals surface area contributed by atoms with Crippen molar-refractivity contribution in [2.24, 2.45) is 0 Å². The predicted molar refractivity (Wildman–Crippen MR) is 69.5 cm³/mol. The van der Waals surface area contributed by atoms with Crippen LogP contribution in [0.3, 0.4) is 0 Å². The van der Waals surface area contributed by atoms with Crippen molar-refractivity contribution in [2.45, 2.75) is 0 Å². The molecule has 0 saturated heterocycles. The van der Waals surface area contributed by atoms with Gasteiger partial charge < -0.3 is 14.8 Å². The number of aldehydes is 1. The van der Waals surface area contributed by atoms with Crippen molar-refractivity contribution in [3.8, 4) is 11.3 Å². The predicted octanol–water partition coefficient (Wildman–Crippen LogP) is 1.57. The largest absolute Gasteiger partial charge is 0.480 e. The Labute approximate surface area is 114 Å². The fourth-order valence-corrected chi connectivity index (χ4v) is 1.71. The molecule has 1 heterocycles. The Bertz CT molecular complexity index is 659. The van der Waals surface area contributed by atoms with Crippen LogP contribution in [0.4, 0.5) is 0 Å². The lowest BCUT2D eigenvalue weighted by Gasteiger charge is -2.07. The number of amides is 1. The molecule has 0 bridgehead atoms. The molecule has 20 heavy (non-hydrogen) atoms. The monoisotopic (exact) mass is 273 g/mol. The second kappa shape index (κ2) is 5.83. The molecule has 2 aromatic rings. The Morgan fingerprint density at radius 1 is 1.20 bits per heavy atom. The second-order valence-electron chi connectivity index (χ2n) is 3.94. The van der Waals surface area contributed by atoms with E-state index in [1.807, 2.05) is 0 Å². The number of benzene rings is 1. The summed E-state index contributed by atoms with van der Waals surface area (Å²) in [6, 6.07) is 9.65. The topological polar surface area (TPSA) is 96.6 Å². The minimum atomic E-state index is -1.13. The maximum absolute atomic E-state index is 11.9. The molecule has 0 spiro atoms. The minimum absolute atomic E-state index is 0.153. The number of rotatable bonds is 5. The molecule has 1 amide bonds. The van der Waals surface area contributed by atoms with Crippen LogP contribution in [0.2, 0.25) is 0 Å². The van der Waals surface area contributed by atoms with Gasteiger partial charge in [0.05, 0.1) is 5.56 Å². The van der Waals surface area contributed by atoms with Gasteiger partial charge in [-0.15, -0.1) is 0 Å². The Morgan fingerprint density at radius 2 is 1.95 bits per heavy atom. The van der Waals surface area contributed by atoms with Gasteiger partial charge in [0.1, 0.15) is 12.3 Å². The van der Waals surface area contributed by atoms with Gasteiger partial charge in [-0.2, -0.15) is 0 Å². The molecule has 1 aromatic carbocycles. The molecule has 0 aliphatic heterocycles. The van der Waals surface area contributed by atoms with Gasteiger partial charge in [0, 0.05) is 5.56 Å². The normalized spacial score (nSPS) is 10.0. The van der Waals surface area contributed by atoms with Gasteiger partial charge >= 0.3 is 5.97 Å². The summed E-state index contributed by atoms with van der Waals surface area (Å²) in [5.74, 6) is -1.13. The number of carboxylic acid groups (broad SMARTS) is 1. The lowest BCUT2D eigenvalue weighted by molar-refractivity contribution is -0.135. The Hall–Kier alpha value is -2.89. The van der Waals surface area contributed by atoms with Crippen LogP contribution in [0.5, 0.6) is 0 Å². The quantitative estimate of drug-likeness (QED) is 0.806. The lowest BCUT2D eigenvalue weighted by Crippen LogP contribution is -2.29. The van der Waals surface area contributed by atoms with E-state index in [0.717, 1.165) is 0 Å². The molecule has 0 aliphatic carbocycles. The summed E-state index contributed by atoms with van der Waals surface area (Å²) < 4.78 is 5.27. The smallest absolute Gasteiger partial charge is 0.322 e. The molecule has 102 valence electrons. The summed E-state index contributed by atoms with van der Waals surface area (Å²) in [5.41, 5.74) is 0.768. The molecule has 0 aliphatic rings. The van der Waals surface area contributed by atoms with E-state index in [0.29, 0.717) is 17.6 Å². The van der Waals surface area contributed by atoms with Gasteiger partial charge in [-0.25, -0.2) is 0 Å². The van der Waals surface area contributed by atoms with Gasteiger partial charge in [0.2, 0.25) is 0 Å². The molecule has 1 aromatic heterocycles. The number of hydrogen-bond donors (Lipinski definition) is 2. The van der Waals surface area contributed by atoms with E-state index >= 15 is 0 Å². The summed E-state index contributed by atoms with van der Waals surface area (Å²) in [5, 5.41) is 10.8. The van der Waals surface area contributed by atoms with Crippen molar-refractivity contribution in [1.82, 2.24) is 5.32 Å². The lowest BCUT2D eigenvalue weighted by atomic mass is 10.0. The summed E-state index contributed by atoms with van der Waals surface area (Å²) >= 11 is 0. The van der Waals surface area contributed by atoms with Crippen LogP contribution in [-0.4, -0.2) is 29.8 Å². The van der Waals surface area contributed by atoms with Crippen LogP contribution in [0.1, 0.15) is 20.9 Å². The molecule has 2 N–H and O–H groups in total. The van der Waals surface area contributed by atoms with Crippen LogP contribution in [0, 0.1) is 0 Å². The zero-order valence-corrected chi connectivity index (χ0v) is 10.3. The highest BCUT2D eigenvalue weighted by atomic mass is 16.4. The van der Waals surface area contributed by atoms with Crippen molar-refractivity contribution in [3.63, 3.8) is 0 Å². The highest BCUT2D eigenvalue weighted by molar-refractivity contribution is 6.01. The van der Waals surface area contributed by atoms with E-state index < -0.39 is 18.4 Å². The molecule has 0 unspecified atom stereocenters. The summed E-state index contributed by atoms with van der Waals surface area (Å²) in [7, 11) is 0. The number of carboxylic acids is 1. The molecule has 0 radical (unpaired) electrons. The molecule has 0 saturated carbocycles. The molecular weight excluding hydrogens is 262 g/mol. The first-order chi connectivity index (χ1) is 9.61. The van der Waals surface area contributed by atoms with Gasteiger partial charge in [0.15, 0.2) is 12.0 Å². The average molecular weight is 273 g/mol. The van der Waals surface area contributed by atoms with E-state index in [1.165, 1.54) is 6.07 Å². The third-order valence-electron chi connectivity index (χ3n) is 2.58. The number of carbonyl (C=O) groups is 3. The Kier molecular flexibility index (Phi) is 3.95. The number of aliphatic carboxylic acids is 1. The first-order valence-corrected chi connectivity index (χ1v) is 5.76. The van der Waals surface area contributed by atoms with Crippen molar-refractivity contribution in [3.05, 3.63) is 47.7 Å². The fourth-order valence-electron chi connectivity index (χ4n) is 1.71. The average Bonchev–Trinajstić information content (AvgIpc) is 2.93. The third kappa shape index (κ3) is 2.92. The van der Waals surface area contributed by atoms with E-state index in [9.17, 15) is 14.4 Å². The minimum Gasteiger partial charge on any atom is -0.480 e. The maximum Gasteiger partial charge on any atom is 0.322 e. The zero-order chi connectivity index (χ0) is 14.5. The van der Waals surface area contributed by atoms with Gasteiger partial charge in [-0.1, -0.05) is 18.2 Å². The Morgan fingerprint density at radius 3 is 2.60 bits per heavy atom. The van der Waals surface area contributed by atoms with E-state index in [4.69, 9.17) is 9.52 Å². The highest BCUT2D eigenvalue weighted by Crippen LogP contribution is 2.25. The molecular formula is C14H11NO5. The third-order valence-corrected chi connectivity index (χ3v) is 2.58. The van der Waals surface area contributed by atoms with Crippen LogP contribution in [0.25, 0.3) is 11.3 Å². The summed E-state index contributed by atoms with van der Waals surface area (Å²) in [4.78, 5) is 33.0. The molecule has 0 fully saturated rings. The SMILES string of the molecule is O=Cc1ccc(-c2ccccc2C(=O)NCC(=O)O)o1. The maximum atomic E-state index is 11.9. The van der Waals surface area contributed by atoms with E-state index in [1.54, 1.807) is 30.3 Å². The molecule has 6 nitrogen and oxygen atoms in total. The van der Waals surface area contributed by atoms with E-state index in [2.05, 4.69) is 5.32 Å². The molecule has 0 atom stereocenters. The number of carbonyl (C=O) groups excluding carboxylic acids is 2. The van der Waals surface area contributed by atoms with Crippen LogP contribution < -0.4 is 5.32 Å². The van der Waals surface area contributed by atoms with Crippen LogP contribution in [0.15, 0.2) is 40.8 Å². The molecule has 6 heteroatoms. The second-order valence-corrected chi connectivity index (χ2v) is 3.94. The van der Waals surface area contributed by atoms with Crippen molar-refractivity contribution in [1.29, 1.82) is 0 Å². The summed E-state index contributed by atoms with van der Waals surface area (Å²) in [6.07, 6.45) is 0.566. The van der Waals surface area contributed by atoms with Crippen LogP contribution >= 0.6 is 0 Å². The number of hydrogen-bond acceptors (Lipinski definition) is 4. The zero-order valence-electron chi connectivity index (χ0n) is 10.3. The van der Waals surface area contributed by atoms with Crippen molar-refractivity contribution in [2.75, 3.05) is 6.54 Å². The first kappa shape index (κ1) is 13.5. The number of furan rings is 1. The van der Waals surface area contributed by atoms with Crippen molar-refractivity contribution < 1.29 is 23.9 Å². The van der Waals surface area contributed by atoms with Crippen molar-refractivity contribution >= 4 is 18.2 Å². The van der Waals surface area contributed by atoms with Gasteiger partial charge in [-0.05, 0) is 18.2 Å². The standard InChI is InChI=1S/C14H11NO5/c16-8-9-5-6-12(20-9)10-3-1-2-4-11(10)14(19)15-7-13(17)18/h1-6,8H,7H2,(H,15,19)(H,17,18). The highest BCUT2D eigenvalue weighted by Gasteiger charge is 2.15. The van der Waals surface area contributed by atoms with Gasteiger partial charge in [0.25, 0.3) is 5.91 Å². The Balaban J connectivity index is 2.32. The van der Waals surface area contributed by atoms with E-state index in [-0.39, 0.29) is 11.3 Å². The first-order valence-electron chi connectivity index (χ1n) is 5.76. The van der Waals surface area contributed by atoms with Crippen LogP contribution in [-0.2, 0) is 4.79 Å². The molecule has 2 rings (SSSR count). The van der Waals surface area contributed by atoms with Gasteiger partial charge in [-0.3, -0.25) is 14.4 Å². The fraction of sp³-hybridized carbons (Fsp3) is 0.0714. The summed E-state index contributed by atoms with van der Waals surface area (Å²) in [6.45, 7) is -0.467. The number of nitrogens with one attached hydrogen (secondary N) is 1.